The highest BCUT2D eigenvalue weighted by atomic mass is 32.2. The average Bonchev–Trinajstić information content (AvgIpc) is 2.53. The molecule has 2 N–H and O–H groups in total. The van der Waals surface area contributed by atoms with Crippen molar-refractivity contribution in [3.8, 4) is 0 Å². The van der Waals surface area contributed by atoms with Crippen molar-refractivity contribution in [3.63, 3.8) is 0 Å². The average molecular weight is 192 g/mol. The quantitative estimate of drug-likeness (QED) is 0.694. The Morgan fingerprint density at radius 3 is 2.85 bits per heavy atom. The number of nitrogens with zero attached hydrogens (tertiary/aromatic N) is 1. The summed E-state index contributed by atoms with van der Waals surface area (Å²) in [6.07, 6.45) is 0. The Hall–Kier alpha value is -0.960. The van der Waals surface area contributed by atoms with Crippen molar-refractivity contribution >= 4 is 23.2 Å². The fourth-order valence-corrected chi connectivity index (χ4v) is 2.49. The minimum Gasteiger partial charge on any atom is -0.398 e. The number of thioether (sulfide) groups is 1. The molecule has 2 rings (SSSR count). The first-order valence-electron chi connectivity index (χ1n) is 4.26. The molecule has 0 saturated carbocycles. The fraction of sp³-hybridized carbons (Fsp3) is 0.300. The van der Waals surface area contributed by atoms with Gasteiger partial charge in [0, 0.05) is 22.7 Å². The van der Waals surface area contributed by atoms with Crippen LogP contribution < -0.4 is 5.73 Å². The molecule has 0 amide bonds. The van der Waals surface area contributed by atoms with Gasteiger partial charge in [-0.1, -0.05) is 18.2 Å². The molecule has 1 aromatic carbocycles. The van der Waals surface area contributed by atoms with Gasteiger partial charge in [0.05, 0.1) is 0 Å². The highest BCUT2D eigenvalue weighted by Crippen LogP contribution is 2.37. The van der Waals surface area contributed by atoms with E-state index < -0.39 is 0 Å². The lowest BCUT2D eigenvalue weighted by atomic mass is 10.2. The summed E-state index contributed by atoms with van der Waals surface area (Å²) in [5.41, 5.74) is 9.06. The zero-order valence-corrected chi connectivity index (χ0v) is 8.34. The summed E-state index contributed by atoms with van der Waals surface area (Å²) in [6.45, 7) is 2.06. The van der Waals surface area contributed by atoms with Crippen LogP contribution in [-0.2, 0) is 0 Å². The number of aliphatic imine (C=N–C) groups is 1. The van der Waals surface area contributed by atoms with Crippen LogP contribution in [0.5, 0.6) is 0 Å². The maximum atomic E-state index is 5.86. The van der Waals surface area contributed by atoms with E-state index in [1.54, 1.807) is 0 Å². The van der Waals surface area contributed by atoms with E-state index in [4.69, 9.17) is 5.73 Å². The van der Waals surface area contributed by atoms with Crippen LogP contribution in [0.3, 0.4) is 0 Å². The van der Waals surface area contributed by atoms with E-state index in [9.17, 15) is 0 Å². The molecular weight excluding hydrogens is 180 g/mol. The largest absolute Gasteiger partial charge is 0.398 e. The predicted molar refractivity (Wildman–Crippen MR) is 59.2 cm³/mol. The second kappa shape index (κ2) is 3.42. The van der Waals surface area contributed by atoms with Gasteiger partial charge in [0.1, 0.15) is 5.37 Å². The maximum absolute atomic E-state index is 5.86. The van der Waals surface area contributed by atoms with Crippen molar-refractivity contribution in [1.29, 1.82) is 0 Å². The van der Waals surface area contributed by atoms with Gasteiger partial charge in [-0.15, -0.1) is 11.8 Å². The normalized spacial score (nSPS) is 21.6. The molecule has 13 heavy (non-hydrogen) atoms. The van der Waals surface area contributed by atoms with E-state index in [-0.39, 0.29) is 5.37 Å². The summed E-state index contributed by atoms with van der Waals surface area (Å²) in [4.78, 5) is 4.52. The number of benzene rings is 1. The fourth-order valence-electron chi connectivity index (χ4n) is 1.37. The second-order valence-electron chi connectivity index (χ2n) is 3.16. The van der Waals surface area contributed by atoms with Gasteiger partial charge in [-0.3, -0.25) is 4.99 Å². The van der Waals surface area contributed by atoms with E-state index in [0.717, 1.165) is 17.0 Å². The lowest BCUT2D eigenvalue weighted by molar-refractivity contribution is 1.05. The lowest BCUT2D eigenvalue weighted by Gasteiger charge is -2.08. The van der Waals surface area contributed by atoms with Crippen LogP contribution in [0.15, 0.2) is 29.3 Å². The van der Waals surface area contributed by atoms with E-state index in [2.05, 4.69) is 18.0 Å². The van der Waals surface area contributed by atoms with E-state index in [0.29, 0.717) is 0 Å². The first-order chi connectivity index (χ1) is 6.27. The molecule has 0 saturated heterocycles. The zero-order valence-electron chi connectivity index (χ0n) is 7.53. The van der Waals surface area contributed by atoms with Crippen molar-refractivity contribution in [3.05, 3.63) is 29.8 Å². The molecule has 0 radical (unpaired) electrons. The first-order valence-corrected chi connectivity index (χ1v) is 5.31. The van der Waals surface area contributed by atoms with Gasteiger partial charge in [0.2, 0.25) is 0 Å². The molecule has 1 aromatic rings. The first kappa shape index (κ1) is 8.63. The minimum atomic E-state index is 0.223. The summed E-state index contributed by atoms with van der Waals surface area (Å²) >= 11 is 1.83. The monoisotopic (exact) mass is 192 g/mol. The standard InChI is InChI=1S/C10H12N2S/c1-7-6-13-10(12-7)8-4-2-3-5-9(8)11/h2-5,10H,6,11H2,1H3. The number of anilines is 1. The molecule has 0 bridgehead atoms. The number of rotatable bonds is 1. The van der Waals surface area contributed by atoms with Gasteiger partial charge in [-0.25, -0.2) is 0 Å². The summed E-state index contributed by atoms with van der Waals surface area (Å²) in [6, 6.07) is 7.94. The molecule has 2 nitrogen and oxygen atoms in total. The Kier molecular flexibility index (Phi) is 2.27. The third-order valence-electron chi connectivity index (χ3n) is 2.05. The van der Waals surface area contributed by atoms with E-state index >= 15 is 0 Å². The number of para-hydroxylation sites is 1. The van der Waals surface area contributed by atoms with Gasteiger partial charge in [0.15, 0.2) is 0 Å². The summed E-state index contributed by atoms with van der Waals surface area (Å²) in [5, 5.41) is 0.223. The lowest BCUT2D eigenvalue weighted by Crippen LogP contribution is -1.94. The third-order valence-corrected chi connectivity index (χ3v) is 3.31. The van der Waals surface area contributed by atoms with Gasteiger partial charge >= 0.3 is 0 Å². The van der Waals surface area contributed by atoms with Crippen LogP contribution in [0.2, 0.25) is 0 Å². The summed E-state index contributed by atoms with van der Waals surface area (Å²) in [7, 11) is 0. The number of nitrogens with two attached hydrogens (primary N) is 1. The number of hydrogen-bond acceptors (Lipinski definition) is 3. The van der Waals surface area contributed by atoms with Crippen molar-refractivity contribution in [1.82, 2.24) is 0 Å². The van der Waals surface area contributed by atoms with E-state index in [1.807, 2.05) is 30.0 Å². The number of nitrogen functional groups attached to an aromatic ring is 1. The van der Waals surface area contributed by atoms with E-state index in [1.165, 1.54) is 5.71 Å². The minimum absolute atomic E-state index is 0.223. The van der Waals surface area contributed by atoms with Crippen LogP contribution in [0, 0.1) is 0 Å². The van der Waals surface area contributed by atoms with Crippen molar-refractivity contribution < 1.29 is 0 Å². The Morgan fingerprint density at radius 2 is 2.23 bits per heavy atom. The SMILES string of the molecule is CC1=NC(c2ccccc2N)SC1. The molecule has 0 spiro atoms. The second-order valence-corrected chi connectivity index (χ2v) is 4.23. The molecule has 1 unspecified atom stereocenters. The molecule has 0 fully saturated rings. The third kappa shape index (κ3) is 1.70. The van der Waals surface area contributed by atoms with Crippen LogP contribution in [0.4, 0.5) is 5.69 Å². The molecule has 1 heterocycles. The van der Waals surface area contributed by atoms with Crippen LogP contribution >= 0.6 is 11.8 Å². The van der Waals surface area contributed by atoms with Crippen LogP contribution in [0.1, 0.15) is 17.9 Å². The summed E-state index contributed by atoms with van der Waals surface area (Å²) < 4.78 is 0. The van der Waals surface area contributed by atoms with Gasteiger partial charge in [0.25, 0.3) is 0 Å². The van der Waals surface area contributed by atoms with Gasteiger partial charge in [-0.05, 0) is 13.0 Å². The highest BCUT2D eigenvalue weighted by molar-refractivity contribution is 8.00. The van der Waals surface area contributed by atoms with Crippen molar-refractivity contribution in [2.45, 2.75) is 12.3 Å². The Labute approximate surface area is 82.2 Å². The van der Waals surface area contributed by atoms with Crippen LogP contribution in [0.25, 0.3) is 0 Å². The molecule has 1 atom stereocenters. The Morgan fingerprint density at radius 1 is 1.46 bits per heavy atom. The predicted octanol–water partition coefficient (Wildman–Crippen LogP) is 2.48. The molecular formula is C10H12N2S. The molecule has 3 heteroatoms. The molecule has 1 aliphatic rings. The molecule has 1 aliphatic heterocycles. The zero-order chi connectivity index (χ0) is 9.26. The highest BCUT2D eigenvalue weighted by Gasteiger charge is 2.18. The van der Waals surface area contributed by atoms with Gasteiger partial charge < -0.3 is 5.73 Å². The van der Waals surface area contributed by atoms with Gasteiger partial charge in [-0.2, -0.15) is 0 Å². The molecule has 0 aromatic heterocycles. The maximum Gasteiger partial charge on any atom is 0.123 e. The van der Waals surface area contributed by atoms with Crippen molar-refractivity contribution in [2.75, 3.05) is 11.5 Å². The van der Waals surface area contributed by atoms with Crippen molar-refractivity contribution in [2.24, 2.45) is 4.99 Å². The Bertz CT molecular complexity index is 347. The summed E-state index contributed by atoms with van der Waals surface area (Å²) in [5.74, 6) is 1.03. The smallest absolute Gasteiger partial charge is 0.123 e. The number of hydrogen-bond donors (Lipinski definition) is 1. The Balaban J connectivity index is 2.31. The topological polar surface area (TPSA) is 38.4 Å². The molecule has 0 aliphatic carbocycles. The molecule has 68 valence electrons. The van der Waals surface area contributed by atoms with Crippen LogP contribution in [-0.4, -0.2) is 11.5 Å².